The van der Waals surface area contributed by atoms with Crippen LogP contribution in [-0.2, 0) is 0 Å². The summed E-state index contributed by atoms with van der Waals surface area (Å²) in [6, 6.07) is 10.3. The number of alkyl halides is 1. The van der Waals surface area contributed by atoms with Crippen molar-refractivity contribution < 1.29 is 0 Å². The Hall–Kier alpha value is -1.09. The molecule has 3 heteroatoms. The largest absolute Gasteiger partial charge is 0.241 e. The average Bonchev–Trinajstić information content (AvgIpc) is 3.02. The Kier molecular flexibility index (Phi) is 3.18. The van der Waals surface area contributed by atoms with Crippen LogP contribution in [0, 0.1) is 17.8 Å². The van der Waals surface area contributed by atoms with Gasteiger partial charge in [-0.25, -0.2) is 4.68 Å². The predicted octanol–water partition coefficient (Wildman–Crippen LogP) is 4.74. The first-order valence-corrected chi connectivity index (χ1v) is 8.50. The molecule has 2 aromatic rings. The van der Waals surface area contributed by atoms with Gasteiger partial charge in [0, 0.05) is 16.6 Å². The third kappa shape index (κ3) is 2.12. The van der Waals surface area contributed by atoms with E-state index in [2.05, 4.69) is 51.5 Å². The van der Waals surface area contributed by atoms with Crippen molar-refractivity contribution in [2.24, 2.45) is 17.8 Å². The van der Waals surface area contributed by atoms with E-state index in [0.717, 1.165) is 23.4 Å². The quantitative estimate of drug-likeness (QED) is 0.743. The zero-order chi connectivity index (χ0) is 13.5. The zero-order valence-electron chi connectivity index (χ0n) is 11.5. The van der Waals surface area contributed by atoms with Crippen molar-refractivity contribution in [1.82, 2.24) is 9.78 Å². The van der Waals surface area contributed by atoms with Gasteiger partial charge in [-0.05, 0) is 42.7 Å². The number of benzene rings is 1. The van der Waals surface area contributed by atoms with Crippen LogP contribution in [0.5, 0.6) is 0 Å². The van der Waals surface area contributed by atoms with Crippen molar-refractivity contribution >= 4 is 15.9 Å². The molecule has 3 atom stereocenters. The molecule has 2 aliphatic carbocycles. The van der Waals surface area contributed by atoms with Crippen LogP contribution in [0.2, 0.25) is 0 Å². The first-order valence-electron chi connectivity index (χ1n) is 7.58. The minimum atomic E-state index is 0.480. The highest BCUT2D eigenvalue weighted by molar-refractivity contribution is 9.09. The minimum Gasteiger partial charge on any atom is -0.241 e. The van der Waals surface area contributed by atoms with Crippen LogP contribution < -0.4 is 0 Å². The number of halogens is 1. The van der Waals surface area contributed by atoms with Gasteiger partial charge in [0.25, 0.3) is 0 Å². The van der Waals surface area contributed by atoms with E-state index in [9.17, 15) is 0 Å². The second-order valence-electron chi connectivity index (χ2n) is 6.15. The van der Waals surface area contributed by atoms with E-state index < -0.39 is 0 Å². The minimum absolute atomic E-state index is 0.480. The molecular formula is C17H19BrN2. The lowest BCUT2D eigenvalue weighted by molar-refractivity contribution is 0.480. The summed E-state index contributed by atoms with van der Waals surface area (Å²) in [5, 5.41) is 4.52. The van der Waals surface area contributed by atoms with E-state index in [0.29, 0.717) is 4.83 Å². The van der Waals surface area contributed by atoms with Gasteiger partial charge in [-0.15, -0.1) is 0 Å². The van der Waals surface area contributed by atoms with E-state index in [-0.39, 0.29) is 0 Å². The maximum absolute atomic E-state index is 4.52. The number of hydrogen-bond acceptors (Lipinski definition) is 1. The van der Waals surface area contributed by atoms with Gasteiger partial charge in [0.1, 0.15) is 0 Å². The number of para-hydroxylation sites is 1. The summed E-state index contributed by atoms with van der Waals surface area (Å²) in [6.07, 6.45) is 9.94. The summed E-state index contributed by atoms with van der Waals surface area (Å²) in [5.41, 5.74) is 2.46. The molecule has 0 amide bonds. The van der Waals surface area contributed by atoms with Crippen LogP contribution in [0.1, 0.15) is 36.1 Å². The summed E-state index contributed by atoms with van der Waals surface area (Å²) >= 11 is 3.94. The molecule has 0 spiro atoms. The Bertz CT molecular complexity index is 580. The third-order valence-corrected chi connectivity index (χ3v) is 6.14. The van der Waals surface area contributed by atoms with E-state index in [4.69, 9.17) is 0 Å². The Labute approximate surface area is 128 Å². The molecule has 2 fully saturated rings. The lowest BCUT2D eigenvalue weighted by atomic mass is 10.0. The highest BCUT2D eigenvalue weighted by Crippen LogP contribution is 2.62. The van der Waals surface area contributed by atoms with Crippen molar-refractivity contribution in [3.05, 3.63) is 48.3 Å². The summed E-state index contributed by atoms with van der Waals surface area (Å²) in [5.74, 6) is 2.77. The highest BCUT2D eigenvalue weighted by Gasteiger charge is 2.53. The van der Waals surface area contributed by atoms with Gasteiger partial charge in [0.05, 0.1) is 11.9 Å². The summed E-state index contributed by atoms with van der Waals surface area (Å²) in [4.78, 5) is 0.480. The van der Waals surface area contributed by atoms with Gasteiger partial charge in [-0.2, -0.15) is 5.10 Å². The number of nitrogens with zero attached hydrogens (tertiary/aromatic N) is 2. The molecule has 0 aliphatic heterocycles. The van der Waals surface area contributed by atoms with Crippen LogP contribution in [0.4, 0.5) is 0 Å². The van der Waals surface area contributed by atoms with Crippen molar-refractivity contribution in [1.29, 1.82) is 0 Å². The molecule has 0 N–H and O–H groups in total. The van der Waals surface area contributed by atoms with Gasteiger partial charge in [0.15, 0.2) is 0 Å². The average molecular weight is 331 g/mol. The molecule has 0 bridgehead atoms. The van der Waals surface area contributed by atoms with Crippen LogP contribution in [0.3, 0.4) is 0 Å². The van der Waals surface area contributed by atoms with Crippen molar-refractivity contribution in [3.63, 3.8) is 0 Å². The molecule has 1 aromatic carbocycles. The third-order valence-electron chi connectivity index (χ3n) is 5.00. The van der Waals surface area contributed by atoms with E-state index in [1.807, 2.05) is 16.9 Å². The van der Waals surface area contributed by atoms with Crippen LogP contribution in [-0.4, -0.2) is 9.78 Å². The molecule has 0 saturated heterocycles. The van der Waals surface area contributed by atoms with E-state index in [1.54, 1.807) is 0 Å². The van der Waals surface area contributed by atoms with Gasteiger partial charge in [-0.1, -0.05) is 47.0 Å². The summed E-state index contributed by atoms with van der Waals surface area (Å²) < 4.78 is 1.98. The van der Waals surface area contributed by atoms with Gasteiger partial charge >= 0.3 is 0 Å². The number of fused-ring (bicyclic) bond motifs is 1. The van der Waals surface area contributed by atoms with Crippen molar-refractivity contribution in [2.45, 2.75) is 30.5 Å². The highest BCUT2D eigenvalue weighted by atomic mass is 79.9. The fraction of sp³-hybridized carbons (Fsp3) is 0.471. The smallest absolute Gasteiger partial charge is 0.0645 e. The standard InChI is InChI=1S/C17H19BrN2/c18-17(16-14-8-4-5-9-15(14)16)12-10-19-20(11-12)13-6-2-1-3-7-13/h1-3,6-7,10-11,14-17H,4-5,8-9H2. The van der Waals surface area contributed by atoms with Crippen LogP contribution in [0.15, 0.2) is 42.7 Å². The number of aromatic nitrogens is 2. The lowest BCUT2D eigenvalue weighted by Crippen LogP contribution is -1.95. The molecule has 1 aromatic heterocycles. The Morgan fingerprint density at radius 1 is 1.10 bits per heavy atom. The predicted molar refractivity (Wildman–Crippen MR) is 84.2 cm³/mol. The molecule has 2 nitrogen and oxygen atoms in total. The second kappa shape index (κ2) is 5.03. The number of hydrogen-bond donors (Lipinski definition) is 0. The molecule has 4 rings (SSSR count). The van der Waals surface area contributed by atoms with Gasteiger partial charge in [-0.3, -0.25) is 0 Å². The van der Waals surface area contributed by atoms with Crippen LogP contribution >= 0.6 is 15.9 Å². The van der Waals surface area contributed by atoms with Gasteiger partial charge < -0.3 is 0 Å². The first-order chi connectivity index (χ1) is 9.84. The molecule has 104 valence electrons. The Morgan fingerprint density at radius 2 is 1.80 bits per heavy atom. The molecule has 20 heavy (non-hydrogen) atoms. The molecule has 2 aliphatic rings. The maximum Gasteiger partial charge on any atom is 0.0645 e. The Balaban J connectivity index is 1.54. The summed E-state index contributed by atoms with van der Waals surface area (Å²) in [7, 11) is 0. The second-order valence-corrected chi connectivity index (χ2v) is 7.13. The van der Waals surface area contributed by atoms with Crippen molar-refractivity contribution in [2.75, 3.05) is 0 Å². The molecule has 3 unspecified atom stereocenters. The molecular weight excluding hydrogens is 312 g/mol. The topological polar surface area (TPSA) is 17.8 Å². The van der Waals surface area contributed by atoms with E-state index >= 15 is 0 Å². The normalized spacial score (nSPS) is 29.8. The number of rotatable bonds is 3. The first kappa shape index (κ1) is 12.6. The fourth-order valence-corrected chi connectivity index (χ4v) is 4.93. The lowest BCUT2D eigenvalue weighted by Gasteiger charge is -2.06. The molecule has 0 radical (unpaired) electrons. The molecule has 1 heterocycles. The molecule has 2 saturated carbocycles. The monoisotopic (exact) mass is 330 g/mol. The Morgan fingerprint density at radius 3 is 2.50 bits per heavy atom. The van der Waals surface area contributed by atoms with Crippen molar-refractivity contribution in [3.8, 4) is 5.69 Å². The SMILES string of the molecule is BrC(c1cnn(-c2ccccc2)c1)C1C2CCCCC21. The summed E-state index contributed by atoms with van der Waals surface area (Å²) in [6.45, 7) is 0. The zero-order valence-corrected chi connectivity index (χ0v) is 13.0. The maximum atomic E-state index is 4.52. The van der Waals surface area contributed by atoms with E-state index in [1.165, 1.54) is 31.2 Å². The fourth-order valence-electron chi connectivity index (χ4n) is 3.91. The van der Waals surface area contributed by atoms with Crippen LogP contribution in [0.25, 0.3) is 5.69 Å². The van der Waals surface area contributed by atoms with Gasteiger partial charge in [0.2, 0.25) is 0 Å².